The summed E-state index contributed by atoms with van der Waals surface area (Å²) in [5.41, 5.74) is 4.02. The van der Waals surface area contributed by atoms with E-state index in [1.807, 2.05) is 36.1 Å². The van der Waals surface area contributed by atoms with Gasteiger partial charge < -0.3 is 10.2 Å². The molecule has 154 valence electrons. The topological polar surface area (TPSA) is 75.2 Å². The average Bonchev–Trinajstić information content (AvgIpc) is 2.74. The Kier molecular flexibility index (Phi) is 5.48. The van der Waals surface area contributed by atoms with Crippen LogP contribution in [0.3, 0.4) is 0 Å². The molecule has 0 bridgehead atoms. The Hall–Kier alpha value is -3.28. The predicted octanol–water partition coefficient (Wildman–Crippen LogP) is 4.76. The number of amides is 1. The van der Waals surface area contributed by atoms with Crippen molar-refractivity contribution in [1.29, 1.82) is 0 Å². The van der Waals surface area contributed by atoms with Gasteiger partial charge in [0.1, 0.15) is 0 Å². The molecule has 0 aliphatic carbocycles. The van der Waals surface area contributed by atoms with Crippen molar-refractivity contribution in [2.75, 3.05) is 18.4 Å². The fourth-order valence-corrected chi connectivity index (χ4v) is 3.81. The van der Waals surface area contributed by atoms with E-state index in [9.17, 15) is 9.59 Å². The summed E-state index contributed by atoms with van der Waals surface area (Å²) < 4.78 is 0. The zero-order valence-corrected chi connectivity index (χ0v) is 17.6. The van der Waals surface area contributed by atoms with Crippen LogP contribution in [0.5, 0.6) is 0 Å². The van der Waals surface area contributed by atoms with Gasteiger partial charge in [-0.1, -0.05) is 19.1 Å². The van der Waals surface area contributed by atoms with Crippen molar-refractivity contribution >= 4 is 34.1 Å². The minimum Gasteiger partial charge on any atom is -0.354 e. The van der Waals surface area contributed by atoms with E-state index >= 15 is 0 Å². The van der Waals surface area contributed by atoms with Crippen LogP contribution in [0.4, 0.5) is 11.4 Å². The Morgan fingerprint density at radius 1 is 1.13 bits per heavy atom. The highest BCUT2D eigenvalue weighted by Crippen LogP contribution is 2.31. The molecule has 0 spiro atoms. The van der Waals surface area contributed by atoms with Crippen molar-refractivity contribution in [2.24, 2.45) is 5.92 Å². The molecule has 1 aliphatic rings. The van der Waals surface area contributed by atoms with Gasteiger partial charge in [0.15, 0.2) is 11.4 Å². The number of carbonyl (C=O) groups is 2. The summed E-state index contributed by atoms with van der Waals surface area (Å²) in [6.45, 7) is 7.19. The fourth-order valence-electron chi connectivity index (χ4n) is 3.81. The lowest BCUT2D eigenvalue weighted by Crippen LogP contribution is -2.38. The van der Waals surface area contributed by atoms with Crippen molar-refractivity contribution in [1.82, 2.24) is 14.9 Å². The lowest BCUT2D eigenvalue weighted by Gasteiger charge is -2.31. The molecule has 1 saturated heterocycles. The number of fused-ring (bicyclic) bond motifs is 1. The Morgan fingerprint density at radius 3 is 2.63 bits per heavy atom. The molecule has 2 aromatic heterocycles. The Bertz CT molecular complexity index is 1120. The Labute approximate surface area is 176 Å². The average molecular weight is 402 g/mol. The first kappa shape index (κ1) is 20.0. The van der Waals surface area contributed by atoms with Crippen molar-refractivity contribution in [3.05, 3.63) is 59.4 Å². The van der Waals surface area contributed by atoms with Gasteiger partial charge in [0.05, 0.1) is 11.3 Å². The highest BCUT2D eigenvalue weighted by atomic mass is 16.2. The second-order valence-corrected chi connectivity index (χ2v) is 8.11. The molecule has 0 saturated carbocycles. The molecule has 0 atom stereocenters. The van der Waals surface area contributed by atoms with Gasteiger partial charge in [0.2, 0.25) is 0 Å². The van der Waals surface area contributed by atoms with Crippen molar-refractivity contribution < 1.29 is 9.59 Å². The number of piperidine rings is 1. The number of carbonyl (C=O) groups excluding carboxylic acids is 2. The van der Waals surface area contributed by atoms with E-state index in [0.717, 1.165) is 42.7 Å². The second kappa shape index (κ2) is 8.22. The Morgan fingerprint density at radius 2 is 1.90 bits per heavy atom. The molecule has 0 unspecified atom stereocenters. The molecule has 3 heterocycles. The number of ketones is 1. The molecule has 3 aromatic rings. The smallest absolute Gasteiger partial charge is 0.257 e. The van der Waals surface area contributed by atoms with Crippen LogP contribution in [0.25, 0.3) is 11.0 Å². The van der Waals surface area contributed by atoms with Crippen molar-refractivity contribution in [3.63, 3.8) is 0 Å². The van der Waals surface area contributed by atoms with Gasteiger partial charge in [-0.15, -0.1) is 0 Å². The number of rotatable bonds is 4. The van der Waals surface area contributed by atoms with E-state index in [4.69, 9.17) is 0 Å². The van der Waals surface area contributed by atoms with Gasteiger partial charge >= 0.3 is 0 Å². The maximum absolute atomic E-state index is 13.4. The number of Topliss-reactive ketones (excluding diaryl/α,β-unsaturated/α-hetero) is 1. The Balaban J connectivity index is 1.78. The normalized spacial score (nSPS) is 14.7. The zero-order chi connectivity index (χ0) is 21.3. The van der Waals surface area contributed by atoms with E-state index in [2.05, 4.69) is 22.2 Å². The van der Waals surface area contributed by atoms with Gasteiger partial charge in [-0.2, -0.15) is 0 Å². The summed E-state index contributed by atoms with van der Waals surface area (Å²) in [6.07, 6.45) is 3.64. The largest absolute Gasteiger partial charge is 0.354 e. The van der Waals surface area contributed by atoms with Gasteiger partial charge in [-0.3, -0.25) is 9.59 Å². The molecule has 6 heteroatoms. The molecule has 1 fully saturated rings. The summed E-state index contributed by atoms with van der Waals surface area (Å²) in [7, 11) is 0. The molecule has 30 heavy (non-hydrogen) atoms. The number of anilines is 2. The number of hydrogen-bond acceptors (Lipinski definition) is 5. The van der Waals surface area contributed by atoms with Crippen molar-refractivity contribution in [3.8, 4) is 0 Å². The summed E-state index contributed by atoms with van der Waals surface area (Å²) in [5, 5.41) is 4.16. The molecule has 0 radical (unpaired) electrons. The third-order valence-corrected chi connectivity index (χ3v) is 5.71. The van der Waals surface area contributed by atoms with Crippen LogP contribution in [-0.4, -0.2) is 39.6 Å². The van der Waals surface area contributed by atoms with Crippen LogP contribution in [0.2, 0.25) is 0 Å². The number of nitrogens with zero attached hydrogens (tertiary/aromatic N) is 3. The van der Waals surface area contributed by atoms with Crippen LogP contribution >= 0.6 is 0 Å². The maximum atomic E-state index is 13.4. The molecule has 1 N–H and O–H groups in total. The van der Waals surface area contributed by atoms with E-state index in [1.165, 1.54) is 0 Å². The van der Waals surface area contributed by atoms with Crippen LogP contribution < -0.4 is 5.32 Å². The maximum Gasteiger partial charge on any atom is 0.257 e. The first-order valence-electron chi connectivity index (χ1n) is 10.4. The molecule has 6 nitrogen and oxygen atoms in total. The third-order valence-electron chi connectivity index (χ3n) is 5.71. The van der Waals surface area contributed by atoms with Crippen LogP contribution in [-0.2, 0) is 0 Å². The first-order chi connectivity index (χ1) is 14.4. The summed E-state index contributed by atoms with van der Waals surface area (Å²) in [6, 6.07) is 11.2. The number of aromatic nitrogens is 2. The highest BCUT2D eigenvalue weighted by Gasteiger charge is 2.25. The molecular formula is C24H26N4O2. The van der Waals surface area contributed by atoms with E-state index < -0.39 is 0 Å². The molecule has 1 amide bonds. The summed E-state index contributed by atoms with van der Waals surface area (Å²) >= 11 is 0. The van der Waals surface area contributed by atoms with Gasteiger partial charge in [-0.05, 0) is 56.9 Å². The quantitative estimate of drug-likeness (QED) is 0.637. The number of aryl methyl sites for hydroxylation is 1. The minimum absolute atomic E-state index is 0.00531. The third kappa shape index (κ3) is 4.03. The SMILES string of the molecule is CC(=O)c1cccc(Nc2c(C(=O)N3CCC(C)CC3)cnc3nc(C)ccc23)c1. The monoisotopic (exact) mass is 402 g/mol. The van der Waals surface area contributed by atoms with E-state index in [-0.39, 0.29) is 11.7 Å². The molecular weight excluding hydrogens is 376 g/mol. The fraction of sp³-hybridized carbons (Fsp3) is 0.333. The van der Waals surface area contributed by atoms with Gasteiger partial charge in [0, 0.05) is 41.6 Å². The van der Waals surface area contributed by atoms with E-state index in [0.29, 0.717) is 28.4 Å². The van der Waals surface area contributed by atoms with Crippen LogP contribution in [0.15, 0.2) is 42.6 Å². The molecule has 4 rings (SSSR count). The van der Waals surface area contributed by atoms with E-state index in [1.54, 1.807) is 25.3 Å². The summed E-state index contributed by atoms with van der Waals surface area (Å²) in [4.78, 5) is 36.1. The number of likely N-dealkylation sites (tertiary alicyclic amines) is 1. The lowest BCUT2D eigenvalue weighted by molar-refractivity contribution is 0.0698. The summed E-state index contributed by atoms with van der Waals surface area (Å²) in [5.74, 6) is 0.610. The lowest BCUT2D eigenvalue weighted by atomic mass is 9.98. The number of nitrogens with one attached hydrogen (secondary N) is 1. The standard InChI is InChI=1S/C24H26N4O2/c1-15-9-11-28(12-10-15)24(30)21-14-25-23-20(8-7-16(2)26-23)22(21)27-19-6-4-5-18(13-19)17(3)29/h4-8,13-15H,9-12H2,1-3H3,(H,25,26,27). The van der Waals surface area contributed by atoms with Crippen LogP contribution in [0, 0.1) is 12.8 Å². The highest BCUT2D eigenvalue weighted by molar-refractivity contribution is 6.07. The number of benzene rings is 1. The zero-order valence-electron chi connectivity index (χ0n) is 17.6. The number of pyridine rings is 2. The van der Waals surface area contributed by atoms with Crippen LogP contribution in [0.1, 0.15) is 53.1 Å². The van der Waals surface area contributed by atoms with Crippen molar-refractivity contribution in [2.45, 2.75) is 33.6 Å². The number of hydrogen-bond donors (Lipinski definition) is 1. The van der Waals surface area contributed by atoms with Gasteiger partial charge in [0.25, 0.3) is 5.91 Å². The van der Waals surface area contributed by atoms with Gasteiger partial charge in [-0.25, -0.2) is 9.97 Å². The second-order valence-electron chi connectivity index (χ2n) is 8.11. The minimum atomic E-state index is -0.0258. The first-order valence-corrected chi connectivity index (χ1v) is 10.4. The predicted molar refractivity (Wildman–Crippen MR) is 118 cm³/mol. The molecule has 1 aliphatic heterocycles. The molecule has 1 aromatic carbocycles.